The first-order chi connectivity index (χ1) is 8.21. The van der Waals surface area contributed by atoms with Gasteiger partial charge in [-0.1, -0.05) is 24.3 Å². The van der Waals surface area contributed by atoms with Gasteiger partial charge in [0.1, 0.15) is 0 Å². The van der Waals surface area contributed by atoms with Gasteiger partial charge in [-0.2, -0.15) is 0 Å². The zero-order valence-electron chi connectivity index (χ0n) is 9.07. The van der Waals surface area contributed by atoms with Crippen molar-refractivity contribution in [1.29, 1.82) is 0 Å². The molecule has 0 aliphatic heterocycles. The fourth-order valence-corrected chi connectivity index (χ4v) is 3.22. The topological polar surface area (TPSA) is 120 Å². The van der Waals surface area contributed by atoms with Crippen LogP contribution in [0.15, 0.2) is 46.2 Å². The third-order valence-corrected chi connectivity index (χ3v) is 4.40. The van der Waals surface area contributed by atoms with Crippen LogP contribution in [0.3, 0.4) is 0 Å². The second kappa shape index (κ2) is 4.02. The van der Waals surface area contributed by atoms with Crippen LogP contribution >= 0.6 is 0 Å². The fraction of sp³-hybridized carbons (Fsp3) is 0. The van der Waals surface area contributed by atoms with Crippen LogP contribution in [0.5, 0.6) is 0 Å². The van der Waals surface area contributed by atoms with Gasteiger partial charge in [0.05, 0.1) is 9.79 Å². The van der Waals surface area contributed by atoms with Crippen molar-refractivity contribution in [3.8, 4) is 0 Å². The normalized spacial score (nSPS) is 12.8. The number of fused-ring (bicyclic) bond motifs is 1. The first-order valence-corrected chi connectivity index (χ1v) is 7.88. The molecule has 2 aromatic carbocycles. The van der Waals surface area contributed by atoms with Gasteiger partial charge in [0.15, 0.2) is 0 Å². The summed E-state index contributed by atoms with van der Waals surface area (Å²) in [6, 6.07) is 8.40. The van der Waals surface area contributed by atoms with E-state index in [0.29, 0.717) is 0 Å². The molecule has 18 heavy (non-hydrogen) atoms. The average molecular weight is 286 g/mol. The molecule has 0 amide bonds. The zero-order valence-corrected chi connectivity index (χ0v) is 10.7. The molecule has 0 aromatic heterocycles. The van der Waals surface area contributed by atoms with Gasteiger partial charge in [-0.3, -0.25) is 0 Å². The summed E-state index contributed by atoms with van der Waals surface area (Å²) in [7, 11) is -7.85. The quantitative estimate of drug-likeness (QED) is 0.815. The van der Waals surface area contributed by atoms with Gasteiger partial charge in [-0.05, 0) is 12.1 Å². The molecule has 96 valence electrons. The summed E-state index contributed by atoms with van der Waals surface area (Å²) < 4.78 is 45.6. The summed E-state index contributed by atoms with van der Waals surface area (Å²) in [5, 5.41) is 10.6. The molecule has 0 saturated heterocycles. The molecule has 0 aliphatic rings. The molecule has 0 spiro atoms. The monoisotopic (exact) mass is 286 g/mol. The SMILES string of the molecule is NS(=O)(=O)c1ccc(S(N)(=O)=O)c2ccccc12. The van der Waals surface area contributed by atoms with Crippen LogP contribution in [0.2, 0.25) is 0 Å². The van der Waals surface area contributed by atoms with E-state index in [-0.39, 0.29) is 20.6 Å². The van der Waals surface area contributed by atoms with Crippen molar-refractivity contribution in [2.75, 3.05) is 0 Å². The predicted octanol–water partition coefficient (Wildman–Crippen LogP) is 0.135. The average Bonchev–Trinajstić information content (AvgIpc) is 2.24. The highest BCUT2D eigenvalue weighted by Crippen LogP contribution is 2.27. The van der Waals surface area contributed by atoms with E-state index < -0.39 is 20.0 Å². The van der Waals surface area contributed by atoms with Crippen LogP contribution in [-0.4, -0.2) is 16.8 Å². The van der Waals surface area contributed by atoms with Crippen LogP contribution in [0.1, 0.15) is 0 Å². The Kier molecular flexibility index (Phi) is 2.90. The minimum Gasteiger partial charge on any atom is -0.225 e. The number of hydrogen-bond acceptors (Lipinski definition) is 4. The molecule has 4 N–H and O–H groups in total. The van der Waals surface area contributed by atoms with E-state index in [2.05, 4.69) is 0 Å². The molecular formula is C10H10N2O4S2. The number of hydrogen-bond donors (Lipinski definition) is 2. The lowest BCUT2D eigenvalue weighted by atomic mass is 10.1. The summed E-state index contributed by atoms with van der Waals surface area (Å²) in [5.74, 6) is 0. The highest BCUT2D eigenvalue weighted by Gasteiger charge is 2.18. The smallest absolute Gasteiger partial charge is 0.225 e. The van der Waals surface area contributed by atoms with Crippen LogP contribution in [0.4, 0.5) is 0 Å². The molecule has 0 fully saturated rings. The molecule has 2 rings (SSSR count). The molecule has 0 radical (unpaired) electrons. The van der Waals surface area contributed by atoms with Crippen molar-refractivity contribution >= 4 is 30.8 Å². The van der Waals surface area contributed by atoms with Crippen molar-refractivity contribution in [2.45, 2.75) is 9.79 Å². The molecule has 8 heteroatoms. The van der Waals surface area contributed by atoms with Gasteiger partial charge in [-0.15, -0.1) is 0 Å². The van der Waals surface area contributed by atoms with Gasteiger partial charge >= 0.3 is 0 Å². The predicted molar refractivity (Wildman–Crippen MR) is 66.7 cm³/mol. The highest BCUT2D eigenvalue weighted by atomic mass is 32.2. The molecule has 0 atom stereocenters. The van der Waals surface area contributed by atoms with Crippen molar-refractivity contribution in [1.82, 2.24) is 0 Å². The molecule has 6 nitrogen and oxygen atoms in total. The number of benzene rings is 2. The number of nitrogens with two attached hydrogens (primary N) is 2. The fourth-order valence-electron chi connectivity index (χ4n) is 1.74. The van der Waals surface area contributed by atoms with E-state index in [0.717, 1.165) is 12.1 Å². The van der Waals surface area contributed by atoms with E-state index >= 15 is 0 Å². The largest absolute Gasteiger partial charge is 0.238 e. The minimum atomic E-state index is -3.93. The Morgan fingerprint density at radius 1 is 0.667 bits per heavy atom. The Bertz CT molecular complexity index is 756. The van der Waals surface area contributed by atoms with Gasteiger partial charge in [0, 0.05) is 10.8 Å². The summed E-state index contributed by atoms with van der Waals surface area (Å²) in [5.41, 5.74) is 0. The number of rotatable bonds is 2. The third-order valence-electron chi connectivity index (χ3n) is 2.46. The van der Waals surface area contributed by atoms with Crippen LogP contribution in [0, 0.1) is 0 Å². The Labute approximate surface area is 104 Å². The third kappa shape index (κ3) is 2.23. The van der Waals surface area contributed by atoms with Gasteiger partial charge < -0.3 is 0 Å². The van der Waals surface area contributed by atoms with Crippen molar-refractivity contribution in [2.24, 2.45) is 10.3 Å². The number of primary sulfonamides is 2. The Morgan fingerprint density at radius 3 is 1.28 bits per heavy atom. The maximum absolute atomic E-state index is 11.4. The first-order valence-electron chi connectivity index (χ1n) is 4.78. The highest BCUT2D eigenvalue weighted by molar-refractivity contribution is 7.90. The van der Waals surface area contributed by atoms with E-state index in [4.69, 9.17) is 10.3 Å². The van der Waals surface area contributed by atoms with E-state index in [1.165, 1.54) is 12.1 Å². The van der Waals surface area contributed by atoms with Crippen LogP contribution in [0.25, 0.3) is 10.8 Å². The Morgan fingerprint density at radius 2 is 1.00 bits per heavy atom. The van der Waals surface area contributed by atoms with E-state index in [1.807, 2.05) is 0 Å². The maximum atomic E-state index is 11.4. The molecule has 0 unspecified atom stereocenters. The summed E-state index contributed by atoms with van der Waals surface area (Å²) >= 11 is 0. The Hall–Kier alpha value is -1.48. The van der Waals surface area contributed by atoms with Gasteiger partial charge in [0.25, 0.3) is 0 Å². The standard InChI is InChI=1S/C10H10N2O4S2/c11-17(13,14)9-5-6-10(18(12,15)16)8-4-2-1-3-7(8)9/h1-6H,(H2,11,13,14)(H2,12,15,16). The summed E-state index contributed by atoms with van der Waals surface area (Å²) in [4.78, 5) is -0.268. The second-order valence-corrected chi connectivity index (χ2v) is 6.76. The van der Waals surface area contributed by atoms with Gasteiger partial charge in [-0.25, -0.2) is 27.1 Å². The zero-order chi connectivity index (χ0) is 13.6. The summed E-state index contributed by atoms with van der Waals surface area (Å²) in [6.07, 6.45) is 0. The Balaban J connectivity index is 3.01. The van der Waals surface area contributed by atoms with Crippen molar-refractivity contribution < 1.29 is 16.8 Å². The molecule has 0 bridgehead atoms. The van der Waals surface area contributed by atoms with E-state index in [9.17, 15) is 16.8 Å². The minimum absolute atomic E-state index is 0.134. The number of sulfonamides is 2. The lowest BCUT2D eigenvalue weighted by Gasteiger charge is -2.08. The van der Waals surface area contributed by atoms with E-state index in [1.54, 1.807) is 12.1 Å². The van der Waals surface area contributed by atoms with Crippen LogP contribution < -0.4 is 10.3 Å². The van der Waals surface area contributed by atoms with Crippen molar-refractivity contribution in [3.63, 3.8) is 0 Å². The molecular weight excluding hydrogens is 276 g/mol. The molecule has 2 aromatic rings. The van der Waals surface area contributed by atoms with Gasteiger partial charge in [0.2, 0.25) is 20.0 Å². The summed E-state index contributed by atoms with van der Waals surface area (Å²) in [6.45, 7) is 0. The van der Waals surface area contributed by atoms with Crippen LogP contribution in [-0.2, 0) is 20.0 Å². The first kappa shape index (κ1) is 13.0. The lowest BCUT2D eigenvalue weighted by Crippen LogP contribution is -2.15. The lowest BCUT2D eigenvalue weighted by molar-refractivity contribution is 0.595. The molecule has 0 aliphatic carbocycles. The second-order valence-electron chi connectivity index (χ2n) is 3.70. The van der Waals surface area contributed by atoms with Crippen molar-refractivity contribution in [3.05, 3.63) is 36.4 Å². The molecule has 0 heterocycles. The maximum Gasteiger partial charge on any atom is 0.238 e. The molecule has 0 saturated carbocycles.